The molecule has 0 fully saturated rings. The van der Waals surface area contributed by atoms with Gasteiger partial charge >= 0.3 is 6.18 Å². The minimum atomic E-state index is -4.42. The molecule has 0 atom stereocenters. The third-order valence-corrected chi connectivity index (χ3v) is 2.75. The number of nitrogens with zero attached hydrogens (tertiary/aromatic N) is 2. The van der Waals surface area contributed by atoms with Crippen LogP contribution in [-0.4, -0.2) is 17.0 Å². The first-order valence-corrected chi connectivity index (χ1v) is 5.92. The minimum absolute atomic E-state index is 0.0376. The molecule has 2 aromatic rings. The predicted octanol–water partition coefficient (Wildman–Crippen LogP) is 3.93. The van der Waals surface area contributed by atoms with Gasteiger partial charge in [-0.2, -0.15) is 18.2 Å². The van der Waals surface area contributed by atoms with Crippen LogP contribution in [0, 0.1) is 0 Å². The van der Waals surface area contributed by atoms with Crippen LogP contribution in [0.2, 0.25) is 5.02 Å². The van der Waals surface area contributed by atoms with E-state index in [1.54, 1.807) is 13.1 Å². The lowest BCUT2D eigenvalue weighted by Gasteiger charge is -2.11. The zero-order valence-electron chi connectivity index (χ0n) is 10.3. The lowest BCUT2D eigenvalue weighted by Crippen LogP contribution is -2.05. The van der Waals surface area contributed by atoms with E-state index in [2.05, 4.69) is 20.6 Å². The van der Waals surface area contributed by atoms with Crippen molar-refractivity contribution in [3.63, 3.8) is 0 Å². The highest BCUT2D eigenvalue weighted by atomic mass is 35.5. The Balaban J connectivity index is 2.25. The average Bonchev–Trinajstić information content (AvgIpc) is 2.40. The van der Waals surface area contributed by atoms with Crippen LogP contribution in [0.1, 0.15) is 5.56 Å². The second-order valence-electron chi connectivity index (χ2n) is 3.83. The summed E-state index contributed by atoms with van der Waals surface area (Å²) in [6.45, 7) is 0. The highest BCUT2D eigenvalue weighted by Crippen LogP contribution is 2.34. The lowest BCUT2D eigenvalue weighted by atomic mass is 10.2. The quantitative estimate of drug-likeness (QED) is 0.902. The van der Waals surface area contributed by atoms with E-state index in [0.29, 0.717) is 17.5 Å². The summed E-state index contributed by atoms with van der Waals surface area (Å²) in [5.41, 5.74) is -0.466. The van der Waals surface area contributed by atoms with Crippen LogP contribution in [0.15, 0.2) is 30.5 Å². The maximum Gasteiger partial charge on any atom is 0.416 e. The molecule has 0 saturated heterocycles. The summed E-state index contributed by atoms with van der Waals surface area (Å²) < 4.78 is 37.6. The molecular weight excluding hydrogens is 293 g/mol. The summed E-state index contributed by atoms with van der Waals surface area (Å²) in [5, 5.41) is 5.55. The number of aromatic nitrogens is 2. The van der Waals surface area contributed by atoms with Gasteiger partial charge in [-0.3, -0.25) is 0 Å². The first kappa shape index (κ1) is 14.4. The second-order valence-corrected chi connectivity index (χ2v) is 4.24. The molecule has 0 radical (unpaired) electrons. The molecule has 0 aliphatic carbocycles. The average molecular weight is 303 g/mol. The van der Waals surface area contributed by atoms with Gasteiger partial charge in [-0.15, -0.1) is 0 Å². The van der Waals surface area contributed by atoms with E-state index in [0.717, 1.165) is 12.1 Å². The minimum Gasteiger partial charge on any atom is -0.357 e. The summed E-state index contributed by atoms with van der Waals surface area (Å²) >= 11 is 5.84. The van der Waals surface area contributed by atoms with Gasteiger partial charge in [0.25, 0.3) is 0 Å². The molecule has 106 valence electrons. The molecule has 0 amide bonds. The Morgan fingerprint density at radius 1 is 1.20 bits per heavy atom. The Kier molecular flexibility index (Phi) is 3.99. The molecule has 4 nitrogen and oxygen atoms in total. The third-order valence-electron chi connectivity index (χ3n) is 2.44. The van der Waals surface area contributed by atoms with Gasteiger partial charge in [0, 0.05) is 13.2 Å². The van der Waals surface area contributed by atoms with Crippen molar-refractivity contribution in [1.82, 2.24) is 9.97 Å². The second kappa shape index (κ2) is 5.54. The smallest absolute Gasteiger partial charge is 0.357 e. The maximum absolute atomic E-state index is 12.5. The standard InChI is InChI=1S/C12H10ClF3N4/c1-17-11-18-5-4-10(20-11)19-9-3-2-7(6-8(9)13)12(14,15)16/h2-6H,1H3,(H2,17,18,19,20). The molecule has 20 heavy (non-hydrogen) atoms. The van der Waals surface area contributed by atoms with Crippen LogP contribution >= 0.6 is 11.6 Å². The zero-order chi connectivity index (χ0) is 14.8. The molecule has 0 unspecified atom stereocenters. The zero-order valence-corrected chi connectivity index (χ0v) is 11.0. The molecule has 8 heteroatoms. The van der Waals surface area contributed by atoms with Gasteiger partial charge in [0.1, 0.15) is 5.82 Å². The summed E-state index contributed by atoms with van der Waals surface area (Å²) in [5.74, 6) is 0.809. The van der Waals surface area contributed by atoms with Crippen molar-refractivity contribution in [2.24, 2.45) is 0 Å². The van der Waals surface area contributed by atoms with E-state index < -0.39 is 11.7 Å². The molecule has 0 aliphatic heterocycles. The topological polar surface area (TPSA) is 49.8 Å². The van der Waals surface area contributed by atoms with Crippen molar-refractivity contribution < 1.29 is 13.2 Å². The van der Waals surface area contributed by atoms with E-state index in [4.69, 9.17) is 11.6 Å². The van der Waals surface area contributed by atoms with Crippen molar-refractivity contribution >= 4 is 29.1 Å². The molecule has 0 spiro atoms. The van der Waals surface area contributed by atoms with Crippen molar-refractivity contribution in [3.8, 4) is 0 Å². The molecule has 2 N–H and O–H groups in total. The maximum atomic E-state index is 12.5. The molecule has 0 aliphatic rings. The van der Waals surface area contributed by atoms with Crippen LogP contribution in [0.25, 0.3) is 0 Å². The number of hydrogen-bond donors (Lipinski definition) is 2. The summed E-state index contributed by atoms with van der Waals surface area (Å²) in [4.78, 5) is 8.01. The predicted molar refractivity (Wildman–Crippen MR) is 71.3 cm³/mol. The number of nitrogens with one attached hydrogen (secondary N) is 2. The van der Waals surface area contributed by atoms with E-state index in [1.807, 2.05) is 0 Å². The van der Waals surface area contributed by atoms with Gasteiger partial charge in [-0.1, -0.05) is 11.6 Å². The molecule has 1 aromatic heterocycles. The fourth-order valence-corrected chi connectivity index (χ4v) is 1.71. The number of rotatable bonds is 3. The molecule has 0 saturated carbocycles. The fraction of sp³-hybridized carbons (Fsp3) is 0.167. The highest BCUT2D eigenvalue weighted by Gasteiger charge is 2.30. The molecular formula is C12H10ClF3N4. The summed E-state index contributed by atoms with van der Waals surface area (Å²) in [6.07, 6.45) is -2.91. The van der Waals surface area contributed by atoms with Crippen LogP contribution in [0.4, 0.5) is 30.6 Å². The normalized spacial score (nSPS) is 11.2. The Hall–Kier alpha value is -2.02. The Morgan fingerprint density at radius 2 is 1.95 bits per heavy atom. The number of halogens is 4. The fourth-order valence-electron chi connectivity index (χ4n) is 1.48. The monoisotopic (exact) mass is 302 g/mol. The van der Waals surface area contributed by atoms with Crippen LogP contribution < -0.4 is 10.6 Å². The van der Waals surface area contributed by atoms with Crippen LogP contribution in [-0.2, 0) is 6.18 Å². The molecule has 0 bridgehead atoms. The van der Waals surface area contributed by atoms with Gasteiger partial charge in [0.05, 0.1) is 16.3 Å². The third kappa shape index (κ3) is 3.30. The highest BCUT2D eigenvalue weighted by molar-refractivity contribution is 6.33. The Labute approximate surface area is 118 Å². The van der Waals surface area contributed by atoms with Crippen LogP contribution in [0.5, 0.6) is 0 Å². The van der Waals surface area contributed by atoms with Gasteiger partial charge in [0.15, 0.2) is 0 Å². The first-order chi connectivity index (χ1) is 9.40. The molecule has 1 heterocycles. The van der Waals surface area contributed by atoms with E-state index >= 15 is 0 Å². The van der Waals surface area contributed by atoms with Crippen molar-refractivity contribution in [2.45, 2.75) is 6.18 Å². The number of benzene rings is 1. The van der Waals surface area contributed by atoms with Gasteiger partial charge < -0.3 is 10.6 Å². The van der Waals surface area contributed by atoms with Crippen molar-refractivity contribution in [3.05, 3.63) is 41.0 Å². The number of anilines is 3. The number of alkyl halides is 3. The molecule has 1 aromatic carbocycles. The van der Waals surface area contributed by atoms with E-state index in [1.165, 1.54) is 12.3 Å². The SMILES string of the molecule is CNc1nccc(Nc2ccc(C(F)(F)F)cc2Cl)n1. The van der Waals surface area contributed by atoms with Gasteiger partial charge in [-0.25, -0.2) is 4.98 Å². The Morgan fingerprint density at radius 3 is 2.55 bits per heavy atom. The van der Waals surface area contributed by atoms with Crippen LogP contribution in [0.3, 0.4) is 0 Å². The largest absolute Gasteiger partial charge is 0.416 e. The van der Waals surface area contributed by atoms with E-state index in [9.17, 15) is 13.2 Å². The summed E-state index contributed by atoms with van der Waals surface area (Å²) in [7, 11) is 1.66. The van der Waals surface area contributed by atoms with E-state index in [-0.39, 0.29) is 5.02 Å². The van der Waals surface area contributed by atoms with Crippen molar-refractivity contribution in [1.29, 1.82) is 0 Å². The molecule has 2 rings (SSSR count). The van der Waals surface area contributed by atoms with Crippen molar-refractivity contribution in [2.75, 3.05) is 17.7 Å². The van der Waals surface area contributed by atoms with Gasteiger partial charge in [-0.05, 0) is 24.3 Å². The Bertz CT molecular complexity index is 616. The lowest BCUT2D eigenvalue weighted by molar-refractivity contribution is -0.137. The van der Waals surface area contributed by atoms with Gasteiger partial charge in [0.2, 0.25) is 5.95 Å². The number of hydrogen-bond acceptors (Lipinski definition) is 4. The summed E-state index contributed by atoms with van der Waals surface area (Å²) in [6, 6.07) is 4.65. The first-order valence-electron chi connectivity index (χ1n) is 5.54.